The largest absolute Gasteiger partial charge is 0.382 e. The fourth-order valence-corrected chi connectivity index (χ4v) is 3.06. The van der Waals surface area contributed by atoms with E-state index >= 15 is 0 Å². The van der Waals surface area contributed by atoms with Crippen LogP contribution in [0.5, 0.6) is 0 Å². The molecule has 0 bridgehead atoms. The summed E-state index contributed by atoms with van der Waals surface area (Å²) in [6.45, 7) is 3.04. The van der Waals surface area contributed by atoms with Crippen molar-refractivity contribution < 1.29 is 14.0 Å². The Labute approximate surface area is 90.5 Å². The highest BCUT2D eigenvalue weighted by atomic mass is 32.7. The Bertz CT molecular complexity index is 233. The Hall–Kier alpha value is 0.460. The molecule has 14 heavy (non-hydrogen) atoms. The van der Waals surface area contributed by atoms with Crippen molar-refractivity contribution in [2.75, 3.05) is 33.5 Å². The van der Waals surface area contributed by atoms with Crippen LogP contribution in [0.2, 0.25) is 0 Å². The average Bonchev–Trinajstić information content (AvgIpc) is 2.02. The van der Waals surface area contributed by atoms with Crippen molar-refractivity contribution in [1.29, 1.82) is 0 Å². The molecule has 0 aromatic heterocycles. The van der Waals surface area contributed by atoms with E-state index in [0.29, 0.717) is 19.7 Å². The fraction of sp³-hybridized carbons (Fsp3) is 1.00. The molecule has 0 aromatic carbocycles. The number of methoxy groups -OCH3 is 1. The molecule has 3 atom stereocenters. The lowest BCUT2D eigenvalue weighted by molar-refractivity contribution is -0.0819. The third-order valence-electron chi connectivity index (χ3n) is 2.18. The van der Waals surface area contributed by atoms with E-state index in [1.54, 1.807) is 13.8 Å². The molecule has 84 valence electrons. The quantitative estimate of drug-likeness (QED) is 0.598. The first kappa shape index (κ1) is 12.5. The number of morpholine rings is 1. The van der Waals surface area contributed by atoms with Gasteiger partial charge in [0.25, 0.3) is 0 Å². The van der Waals surface area contributed by atoms with Crippen molar-refractivity contribution in [2.45, 2.75) is 19.1 Å². The molecule has 0 saturated carbocycles. The van der Waals surface area contributed by atoms with Crippen molar-refractivity contribution in [3.63, 3.8) is 0 Å². The van der Waals surface area contributed by atoms with E-state index in [4.69, 9.17) is 9.47 Å². The number of nitrogens with zero attached hydrogens (tertiary/aromatic N) is 1. The Balaban J connectivity index is 2.58. The Morgan fingerprint density at radius 1 is 1.64 bits per heavy atom. The van der Waals surface area contributed by atoms with Gasteiger partial charge >= 0.3 is 0 Å². The second-order valence-electron chi connectivity index (χ2n) is 3.73. The molecule has 1 fully saturated rings. The van der Waals surface area contributed by atoms with Crippen LogP contribution >= 0.6 is 18.7 Å². The summed E-state index contributed by atoms with van der Waals surface area (Å²) < 4.78 is 24.3. The summed E-state index contributed by atoms with van der Waals surface area (Å²) in [5.41, 5.74) is 0. The van der Waals surface area contributed by atoms with Gasteiger partial charge < -0.3 is 9.47 Å². The van der Waals surface area contributed by atoms with Gasteiger partial charge in [-0.15, -0.1) is 0 Å². The molecule has 1 saturated heterocycles. The van der Waals surface area contributed by atoms with Crippen LogP contribution in [0.4, 0.5) is 0 Å². The van der Waals surface area contributed by atoms with Gasteiger partial charge in [-0.3, -0.25) is 4.57 Å². The lowest BCUT2D eigenvalue weighted by atomic mass is 10.2. The number of hydrogen-bond acceptors (Lipinski definition) is 3. The van der Waals surface area contributed by atoms with E-state index in [1.807, 2.05) is 11.6 Å². The van der Waals surface area contributed by atoms with Gasteiger partial charge in [0.2, 0.25) is 0 Å². The van der Waals surface area contributed by atoms with E-state index in [9.17, 15) is 4.57 Å². The van der Waals surface area contributed by atoms with Gasteiger partial charge in [0, 0.05) is 26.9 Å². The molecule has 0 aromatic rings. The molecule has 0 amide bonds. The van der Waals surface area contributed by atoms with Gasteiger partial charge in [0.05, 0.1) is 18.8 Å². The second-order valence-corrected chi connectivity index (χ2v) is 8.19. The van der Waals surface area contributed by atoms with Crippen LogP contribution in [-0.4, -0.2) is 50.3 Å². The molecule has 6 heteroatoms. The topological polar surface area (TPSA) is 38.8 Å². The predicted molar refractivity (Wildman–Crippen MR) is 60.3 cm³/mol. The van der Waals surface area contributed by atoms with E-state index in [-0.39, 0.29) is 12.2 Å². The molecule has 4 nitrogen and oxygen atoms in total. The fourth-order valence-electron chi connectivity index (χ4n) is 1.60. The SMILES string of the molecule is COC[C@@H]1CN(P(C)(=O)S)C[C@H](C)O1. The Kier molecular flexibility index (Phi) is 4.47. The maximum Gasteiger partial charge on any atom is 0.197 e. The predicted octanol–water partition coefficient (Wildman–Crippen LogP) is 1.47. The molecule has 0 N–H and O–H groups in total. The van der Waals surface area contributed by atoms with Crippen LogP contribution < -0.4 is 0 Å². The summed E-state index contributed by atoms with van der Waals surface area (Å²) in [7, 11) is 1.64. The van der Waals surface area contributed by atoms with Crippen molar-refractivity contribution in [3.8, 4) is 0 Å². The van der Waals surface area contributed by atoms with Crippen molar-refractivity contribution in [3.05, 3.63) is 0 Å². The summed E-state index contributed by atoms with van der Waals surface area (Å²) in [5.74, 6) is 0. The van der Waals surface area contributed by atoms with E-state index in [0.717, 1.165) is 0 Å². The minimum absolute atomic E-state index is 0.00387. The summed E-state index contributed by atoms with van der Waals surface area (Å²) >= 11 is 4.13. The van der Waals surface area contributed by atoms with Gasteiger partial charge in [-0.1, -0.05) is 12.2 Å². The highest BCUT2D eigenvalue weighted by Gasteiger charge is 2.31. The number of rotatable bonds is 3. The number of ether oxygens (including phenoxy) is 2. The normalized spacial score (nSPS) is 34.0. The van der Waals surface area contributed by atoms with Gasteiger partial charge in [0.1, 0.15) is 0 Å². The zero-order valence-electron chi connectivity index (χ0n) is 8.84. The van der Waals surface area contributed by atoms with Crippen LogP contribution in [0.25, 0.3) is 0 Å². The standard InChI is InChI=1S/C8H18NO3PS/c1-7-4-9(13(3,10)14)5-8(12-7)6-11-2/h7-8H,4-6H2,1-3H3,(H,10,14)/t7-,8-,13?/m0/s1. The first-order valence-corrected chi connectivity index (χ1v) is 7.89. The highest BCUT2D eigenvalue weighted by molar-refractivity contribution is 8.46. The summed E-state index contributed by atoms with van der Waals surface area (Å²) in [5, 5.41) is 0. The molecule has 1 rings (SSSR count). The third kappa shape index (κ3) is 3.55. The Morgan fingerprint density at radius 2 is 2.29 bits per heavy atom. The zero-order valence-corrected chi connectivity index (χ0v) is 10.6. The first-order chi connectivity index (χ1) is 6.43. The highest BCUT2D eigenvalue weighted by Crippen LogP contribution is 2.51. The summed E-state index contributed by atoms with van der Waals surface area (Å²) in [6.07, 6.45) is 0.0912. The lowest BCUT2D eigenvalue weighted by Gasteiger charge is -2.37. The molecule has 1 unspecified atom stereocenters. The van der Waals surface area contributed by atoms with E-state index in [2.05, 4.69) is 12.2 Å². The van der Waals surface area contributed by atoms with E-state index in [1.165, 1.54) is 0 Å². The minimum Gasteiger partial charge on any atom is -0.382 e. The molecule has 0 radical (unpaired) electrons. The van der Waals surface area contributed by atoms with Crippen LogP contribution in [0.3, 0.4) is 0 Å². The number of thiol groups is 1. The third-order valence-corrected chi connectivity index (χ3v) is 4.32. The molecule has 0 aliphatic carbocycles. The van der Waals surface area contributed by atoms with Crippen molar-refractivity contribution in [1.82, 2.24) is 4.67 Å². The maximum atomic E-state index is 11.8. The molecule has 0 spiro atoms. The molecular weight excluding hydrogens is 221 g/mol. The second kappa shape index (κ2) is 4.99. The number of hydrogen-bond donors (Lipinski definition) is 1. The summed E-state index contributed by atoms with van der Waals surface area (Å²) in [4.78, 5) is 0. The lowest BCUT2D eigenvalue weighted by Crippen LogP contribution is -2.45. The van der Waals surface area contributed by atoms with Crippen LogP contribution in [0.15, 0.2) is 0 Å². The molecular formula is C8H18NO3PS. The first-order valence-electron chi connectivity index (χ1n) is 4.63. The van der Waals surface area contributed by atoms with Crippen LogP contribution in [0, 0.1) is 0 Å². The minimum atomic E-state index is -2.45. The monoisotopic (exact) mass is 239 g/mol. The Morgan fingerprint density at radius 3 is 2.79 bits per heavy atom. The van der Waals surface area contributed by atoms with Crippen molar-refractivity contribution in [2.24, 2.45) is 0 Å². The molecule has 1 aliphatic heterocycles. The van der Waals surface area contributed by atoms with Gasteiger partial charge in [-0.05, 0) is 6.92 Å². The van der Waals surface area contributed by atoms with Crippen LogP contribution in [-0.2, 0) is 14.0 Å². The smallest absolute Gasteiger partial charge is 0.197 e. The van der Waals surface area contributed by atoms with Crippen LogP contribution in [0.1, 0.15) is 6.92 Å². The van der Waals surface area contributed by atoms with Crippen molar-refractivity contribution >= 4 is 18.7 Å². The zero-order chi connectivity index (χ0) is 10.8. The van der Waals surface area contributed by atoms with E-state index < -0.39 is 6.49 Å². The van der Waals surface area contributed by atoms with Gasteiger partial charge in [-0.25, -0.2) is 4.67 Å². The van der Waals surface area contributed by atoms with Gasteiger partial charge in [-0.2, -0.15) is 0 Å². The molecule has 1 aliphatic rings. The van der Waals surface area contributed by atoms with Gasteiger partial charge in [0.15, 0.2) is 6.49 Å². The molecule has 1 heterocycles. The average molecular weight is 239 g/mol. The maximum absolute atomic E-state index is 11.8. The summed E-state index contributed by atoms with van der Waals surface area (Å²) in [6, 6.07) is 0.